The van der Waals surface area contributed by atoms with Crippen LogP contribution < -0.4 is 4.90 Å². The van der Waals surface area contributed by atoms with Gasteiger partial charge in [0.05, 0.1) is 16.2 Å². The van der Waals surface area contributed by atoms with Gasteiger partial charge in [-0.25, -0.2) is 8.42 Å². The standard InChI is InChI=1S/C12H17NO3S/c1-3-17(15,16)11-6-4-10(5-7-11)13-8-12(2,14)9-13/h4-7,14H,3,8-9H2,1-2H3. The van der Waals surface area contributed by atoms with Gasteiger partial charge in [0.1, 0.15) is 0 Å². The zero-order valence-corrected chi connectivity index (χ0v) is 10.9. The van der Waals surface area contributed by atoms with Gasteiger partial charge in [0.25, 0.3) is 0 Å². The van der Waals surface area contributed by atoms with Gasteiger partial charge in [-0.2, -0.15) is 0 Å². The minimum absolute atomic E-state index is 0.116. The number of sulfone groups is 1. The molecule has 1 aromatic carbocycles. The molecule has 5 heteroatoms. The number of rotatable bonds is 3. The van der Waals surface area contributed by atoms with Gasteiger partial charge in [0.15, 0.2) is 9.84 Å². The van der Waals surface area contributed by atoms with Crippen molar-refractivity contribution in [1.82, 2.24) is 0 Å². The number of β-amino-alcohol motifs (C(OH)–C–C–N with tert-alkyl or cyclic N) is 1. The van der Waals surface area contributed by atoms with Crippen LogP contribution in [0.3, 0.4) is 0 Å². The van der Waals surface area contributed by atoms with Crippen molar-refractivity contribution < 1.29 is 13.5 Å². The summed E-state index contributed by atoms with van der Waals surface area (Å²) < 4.78 is 23.2. The Morgan fingerprint density at radius 3 is 2.24 bits per heavy atom. The van der Waals surface area contributed by atoms with Crippen molar-refractivity contribution in [1.29, 1.82) is 0 Å². The molecule has 17 heavy (non-hydrogen) atoms. The van der Waals surface area contributed by atoms with Crippen LogP contribution in [0.1, 0.15) is 13.8 Å². The van der Waals surface area contributed by atoms with E-state index < -0.39 is 15.4 Å². The molecule has 0 amide bonds. The molecular weight excluding hydrogens is 238 g/mol. The molecular formula is C12H17NO3S. The largest absolute Gasteiger partial charge is 0.386 e. The van der Waals surface area contributed by atoms with Crippen LogP contribution in [0.15, 0.2) is 29.2 Å². The molecule has 1 N–H and O–H groups in total. The number of anilines is 1. The molecule has 0 bridgehead atoms. The Morgan fingerprint density at radius 2 is 1.82 bits per heavy atom. The summed E-state index contributed by atoms with van der Waals surface area (Å²) in [5, 5.41) is 9.63. The SMILES string of the molecule is CCS(=O)(=O)c1ccc(N2CC(C)(O)C2)cc1. The normalized spacial score (nSPS) is 18.9. The van der Waals surface area contributed by atoms with Crippen LogP contribution in [0, 0.1) is 0 Å². The summed E-state index contributed by atoms with van der Waals surface area (Å²) in [6, 6.07) is 6.83. The summed E-state index contributed by atoms with van der Waals surface area (Å²) in [5.41, 5.74) is 0.334. The summed E-state index contributed by atoms with van der Waals surface area (Å²) in [6.07, 6.45) is 0. The average molecular weight is 255 g/mol. The molecule has 1 saturated heterocycles. The number of nitrogens with zero attached hydrogens (tertiary/aromatic N) is 1. The number of hydrogen-bond donors (Lipinski definition) is 1. The van der Waals surface area contributed by atoms with Gasteiger partial charge in [-0.05, 0) is 31.2 Å². The zero-order chi connectivity index (χ0) is 12.7. The van der Waals surface area contributed by atoms with Crippen molar-refractivity contribution in [2.24, 2.45) is 0 Å². The lowest BCUT2D eigenvalue weighted by atomic mass is 9.96. The first kappa shape index (κ1) is 12.4. The second kappa shape index (κ2) is 3.99. The van der Waals surface area contributed by atoms with Gasteiger partial charge < -0.3 is 10.0 Å². The predicted molar refractivity (Wildman–Crippen MR) is 67.0 cm³/mol. The van der Waals surface area contributed by atoms with E-state index in [0.29, 0.717) is 18.0 Å². The predicted octanol–water partition coefficient (Wildman–Crippen LogP) is 1.05. The van der Waals surface area contributed by atoms with Crippen LogP contribution in [0.5, 0.6) is 0 Å². The Hall–Kier alpha value is -1.07. The van der Waals surface area contributed by atoms with E-state index in [-0.39, 0.29) is 5.75 Å². The van der Waals surface area contributed by atoms with Gasteiger partial charge in [0, 0.05) is 18.8 Å². The van der Waals surface area contributed by atoms with E-state index in [1.165, 1.54) is 0 Å². The summed E-state index contributed by atoms with van der Waals surface area (Å²) in [7, 11) is -3.12. The fourth-order valence-corrected chi connectivity index (χ4v) is 2.87. The van der Waals surface area contributed by atoms with Gasteiger partial charge in [-0.1, -0.05) is 6.92 Å². The third-order valence-corrected chi connectivity index (χ3v) is 4.75. The summed E-state index contributed by atoms with van der Waals surface area (Å²) in [5.74, 6) is 0.116. The maximum Gasteiger partial charge on any atom is 0.178 e. The van der Waals surface area contributed by atoms with Crippen molar-refractivity contribution in [3.63, 3.8) is 0 Å². The van der Waals surface area contributed by atoms with Crippen LogP contribution in [-0.4, -0.2) is 38.0 Å². The van der Waals surface area contributed by atoms with Crippen molar-refractivity contribution >= 4 is 15.5 Å². The maximum atomic E-state index is 11.6. The third-order valence-electron chi connectivity index (χ3n) is 3.00. The van der Waals surface area contributed by atoms with Crippen LogP contribution in [0.25, 0.3) is 0 Å². The highest BCUT2D eigenvalue weighted by Gasteiger charge is 2.36. The molecule has 0 spiro atoms. The fraction of sp³-hybridized carbons (Fsp3) is 0.500. The molecule has 0 saturated carbocycles. The molecule has 1 heterocycles. The minimum atomic E-state index is -3.12. The molecule has 94 valence electrons. The topological polar surface area (TPSA) is 57.6 Å². The van der Waals surface area contributed by atoms with E-state index in [9.17, 15) is 13.5 Å². The molecule has 1 fully saturated rings. The second-order valence-electron chi connectivity index (χ2n) is 4.75. The van der Waals surface area contributed by atoms with E-state index >= 15 is 0 Å². The van der Waals surface area contributed by atoms with Crippen molar-refractivity contribution in [3.8, 4) is 0 Å². The Kier molecular flexibility index (Phi) is 2.91. The maximum absolute atomic E-state index is 11.6. The molecule has 2 rings (SSSR count). The average Bonchev–Trinajstić information content (AvgIpc) is 2.26. The number of aliphatic hydroxyl groups is 1. The van der Waals surface area contributed by atoms with Gasteiger partial charge >= 0.3 is 0 Å². The molecule has 1 aliphatic rings. The lowest BCUT2D eigenvalue weighted by Crippen LogP contribution is -2.60. The molecule has 0 radical (unpaired) electrons. The molecule has 0 aliphatic carbocycles. The Morgan fingerprint density at radius 1 is 1.29 bits per heavy atom. The Labute approximate surface area is 102 Å². The van der Waals surface area contributed by atoms with Crippen LogP contribution in [-0.2, 0) is 9.84 Å². The zero-order valence-electron chi connectivity index (χ0n) is 10.0. The molecule has 4 nitrogen and oxygen atoms in total. The minimum Gasteiger partial charge on any atom is -0.386 e. The first-order chi connectivity index (χ1) is 7.84. The van der Waals surface area contributed by atoms with E-state index in [1.54, 1.807) is 38.1 Å². The summed E-state index contributed by atoms with van der Waals surface area (Å²) in [4.78, 5) is 2.37. The van der Waals surface area contributed by atoms with Gasteiger partial charge in [-0.15, -0.1) is 0 Å². The lowest BCUT2D eigenvalue weighted by Gasteiger charge is -2.45. The van der Waals surface area contributed by atoms with Crippen molar-refractivity contribution in [2.75, 3.05) is 23.7 Å². The monoisotopic (exact) mass is 255 g/mol. The highest BCUT2D eigenvalue weighted by Crippen LogP contribution is 2.28. The first-order valence-electron chi connectivity index (χ1n) is 5.64. The lowest BCUT2D eigenvalue weighted by molar-refractivity contribution is 0.0310. The van der Waals surface area contributed by atoms with E-state index in [0.717, 1.165) is 5.69 Å². The smallest absolute Gasteiger partial charge is 0.178 e. The second-order valence-corrected chi connectivity index (χ2v) is 7.03. The Balaban J connectivity index is 2.15. The van der Waals surface area contributed by atoms with Gasteiger partial charge in [-0.3, -0.25) is 0 Å². The number of benzene rings is 1. The quantitative estimate of drug-likeness (QED) is 0.877. The van der Waals surface area contributed by atoms with Crippen LogP contribution in [0.4, 0.5) is 5.69 Å². The van der Waals surface area contributed by atoms with E-state index in [2.05, 4.69) is 0 Å². The van der Waals surface area contributed by atoms with Crippen molar-refractivity contribution in [2.45, 2.75) is 24.3 Å². The van der Waals surface area contributed by atoms with E-state index in [4.69, 9.17) is 0 Å². The molecule has 0 aromatic heterocycles. The Bertz CT molecular complexity index is 497. The summed E-state index contributed by atoms with van der Waals surface area (Å²) >= 11 is 0. The molecule has 0 atom stereocenters. The summed E-state index contributed by atoms with van der Waals surface area (Å²) in [6.45, 7) is 4.61. The first-order valence-corrected chi connectivity index (χ1v) is 7.29. The third kappa shape index (κ3) is 2.45. The van der Waals surface area contributed by atoms with Crippen LogP contribution in [0.2, 0.25) is 0 Å². The van der Waals surface area contributed by atoms with Crippen LogP contribution >= 0.6 is 0 Å². The molecule has 0 unspecified atom stereocenters. The van der Waals surface area contributed by atoms with Crippen molar-refractivity contribution in [3.05, 3.63) is 24.3 Å². The van der Waals surface area contributed by atoms with E-state index in [1.807, 2.05) is 4.90 Å². The van der Waals surface area contributed by atoms with Gasteiger partial charge in [0.2, 0.25) is 0 Å². The fourth-order valence-electron chi connectivity index (χ4n) is 1.99. The molecule has 1 aromatic rings. The molecule has 1 aliphatic heterocycles. The highest BCUT2D eigenvalue weighted by molar-refractivity contribution is 7.91. The number of hydrogen-bond acceptors (Lipinski definition) is 4. The highest BCUT2D eigenvalue weighted by atomic mass is 32.2.